The molecule has 0 aliphatic heterocycles. The maximum absolute atomic E-state index is 8.81. The molecule has 3 nitrogen and oxygen atoms in total. The minimum atomic E-state index is -0.0989. The zero-order valence-corrected chi connectivity index (χ0v) is 7.62. The predicted octanol–water partition coefficient (Wildman–Crippen LogP) is 1.55. The van der Waals surface area contributed by atoms with E-state index in [9.17, 15) is 0 Å². The number of rotatable bonds is 2. The van der Waals surface area contributed by atoms with E-state index in [1.54, 1.807) is 18.2 Å². The van der Waals surface area contributed by atoms with Crippen molar-refractivity contribution in [2.75, 3.05) is 5.73 Å². The fourth-order valence-corrected chi connectivity index (χ4v) is 1.21. The van der Waals surface area contributed by atoms with Gasteiger partial charge in [0.25, 0.3) is 0 Å². The second kappa shape index (κ2) is 3.92. The molecule has 0 saturated heterocycles. The van der Waals surface area contributed by atoms with Crippen LogP contribution in [-0.4, -0.2) is 0 Å². The maximum atomic E-state index is 8.81. The highest BCUT2D eigenvalue weighted by Gasteiger charge is 2.08. The minimum absolute atomic E-state index is 0.0989. The summed E-state index contributed by atoms with van der Waals surface area (Å²) < 4.78 is 0. The van der Waals surface area contributed by atoms with E-state index >= 15 is 0 Å². The molecule has 3 heteroatoms. The molecule has 0 heterocycles. The zero-order valence-electron chi connectivity index (χ0n) is 7.62. The summed E-state index contributed by atoms with van der Waals surface area (Å²) in [5, 5.41) is 8.81. The molecule has 1 aromatic carbocycles. The standard InChI is InChI=1S/C10H13N3/c1-2-10(13)9-5-8(12)4-3-7(9)6-11/h3-5,10H,2,12-13H2,1H3/t10-/m0/s1. The summed E-state index contributed by atoms with van der Waals surface area (Å²) in [5.74, 6) is 0. The van der Waals surface area contributed by atoms with Crippen LogP contribution in [0.2, 0.25) is 0 Å². The Bertz CT molecular complexity index is 339. The van der Waals surface area contributed by atoms with Crippen LogP contribution in [0.3, 0.4) is 0 Å². The number of nitriles is 1. The van der Waals surface area contributed by atoms with Gasteiger partial charge in [0.1, 0.15) is 0 Å². The summed E-state index contributed by atoms with van der Waals surface area (Å²) in [4.78, 5) is 0. The Hall–Kier alpha value is -1.53. The van der Waals surface area contributed by atoms with E-state index in [1.807, 2.05) is 6.92 Å². The van der Waals surface area contributed by atoms with Crippen LogP contribution in [0.25, 0.3) is 0 Å². The number of nitrogen functional groups attached to an aromatic ring is 1. The van der Waals surface area contributed by atoms with E-state index in [-0.39, 0.29) is 6.04 Å². The van der Waals surface area contributed by atoms with Gasteiger partial charge in [-0.2, -0.15) is 5.26 Å². The number of nitrogens with two attached hydrogens (primary N) is 2. The first-order chi connectivity index (χ1) is 6.19. The van der Waals surface area contributed by atoms with Gasteiger partial charge in [-0.3, -0.25) is 0 Å². The molecule has 0 aliphatic carbocycles. The zero-order chi connectivity index (χ0) is 9.84. The van der Waals surface area contributed by atoms with Crippen molar-refractivity contribution in [3.63, 3.8) is 0 Å². The van der Waals surface area contributed by atoms with Crippen LogP contribution in [0.4, 0.5) is 5.69 Å². The summed E-state index contributed by atoms with van der Waals surface area (Å²) in [6.07, 6.45) is 0.804. The van der Waals surface area contributed by atoms with Crippen LogP contribution in [0.1, 0.15) is 30.5 Å². The lowest BCUT2D eigenvalue weighted by molar-refractivity contribution is 0.697. The molecular weight excluding hydrogens is 162 g/mol. The third-order valence-electron chi connectivity index (χ3n) is 2.04. The molecule has 1 rings (SSSR count). The molecule has 0 amide bonds. The van der Waals surface area contributed by atoms with Crippen LogP contribution in [0.15, 0.2) is 18.2 Å². The van der Waals surface area contributed by atoms with Gasteiger partial charge in [-0.15, -0.1) is 0 Å². The molecule has 0 unspecified atom stereocenters. The summed E-state index contributed by atoms with van der Waals surface area (Å²) in [7, 11) is 0. The summed E-state index contributed by atoms with van der Waals surface area (Å²) in [6, 6.07) is 7.20. The van der Waals surface area contributed by atoms with Gasteiger partial charge in [-0.25, -0.2) is 0 Å². The van der Waals surface area contributed by atoms with Crippen molar-refractivity contribution < 1.29 is 0 Å². The van der Waals surface area contributed by atoms with Gasteiger partial charge >= 0.3 is 0 Å². The normalized spacial score (nSPS) is 12.1. The Labute approximate surface area is 78.0 Å². The molecule has 0 aromatic heterocycles. The highest BCUT2D eigenvalue weighted by Crippen LogP contribution is 2.20. The first kappa shape index (κ1) is 9.56. The molecular formula is C10H13N3. The summed E-state index contributed by atoms with van der Waals surface area (Å²) >= 11 is 0. The van der Waals surface area contributed by atoms with Crippen LogP contribution < -0.4 is 11.5 Å². The average Bonchev–Trinajstić information content (AvgIpc) is 2.16. The molecule has 0 spiro atoms. The third-order valence-corrected chi connectivity index (χ3v) is 2.04. The van der Waals surface area contributed by atoms with Crippen LogP contribution in [0, 0.1) is 11.3 Å². The number of anilines is 1. The smallest absolute Gasteiger partial charge is 0.0995 e. The van der Waals surface area contributed by atoms with E-state index in [0.717, 1.165) is 12.0 Å². The Balaban J connectivity index is 3.17. The lowest BCUT2D eigenvalue weighted by atomic mass is 9.99. The Morgan fingerprint density at radius 1 is 1.54 bits per heavy atom. The molecule has 1 atom stereocenters. The van der Waals surface area contributed by atoms with Crippen LogP contribution in [0.5, 0.6) is 0 Å². The van der Waals surface area contributed by atoms with Gasteiger partial charge in [0, 0.05) is 11.7 Å². The number of hydrogen-bond donors (Lipinski definition) is 2. The predicted molar refractivity (Wildman–Crippen MR) is 52.8 cm³/mol. The second-order valence-electron chi connectivity index (χ2n) is 2.97. The van der Waals surface area contributed by atoms with Crippen LogP contribution >= 0.6 is 0 Å². The van der Waals surface area contributed by atoms with Crippen molar-refractivity contribution in [2.24, 2.45) is 5.73 Å². The van der Waals surface area contributed by atoms with Crippen molar-refractivity contribution in [1.82, 2.24) is 0 Å². The van der Waals surface area contributed by atoms with Gasteiger partial charge < -0.3 is 11.5 Å². The van der Waals surface area contributed by atoms with Crippen molar-refractivity contribution in [3.8, 4) is 6.07 Å². The molecule has 0 radical (unpaired) electrons. The average molecular weight is 175 g/mol. The van der Waals surface area contributed by atoms with E-state index < -0.39 is 0 Å². The largest absolute Gasteiger partial charge is 0.399 e. The van der Waals surface area contributed by atoms with E-state index in [2.05, 4.69) is 6.07 Å². The molecule has 13 heavy (non-hydrogen) atoms. The maximum Gasteiger partial charge on any atom is 0.0995 e. The van der Waals surface area contributed by atoms with Gasteiger partial charge in [-0.1, -0.05) is 6.92 Å². The van der Waals surface area contributed by atoms with Crippen molar-refractivity contribution in [3.05, 3.63) is 29.3 Å². The number of benzene rings is 1. The quantitative estimate of drug-likeness (QED) is 0.669. The SMILES string of the molecule is CC[C@H](N)c1cc(N)ccc1C#N. The molecule has 4 N–H and O–H groups in total. The second-order valence-corrected chi connectivity index (χ2v) is 2.97. The van der Waals surface area contributed by atoms with Gasteiger partial charge in [0.05, 0.1) is 11.6 Å². The van der Waals surface area contributed by atoms with E-state index in [1.165, 1.54) is 0 Å². The Morgan fingerprint density at radius 3 is 2.77 bits per heavy atom. The molecule has 0 saturated carbocycles. The Kier molecular flexibility index (Phi) is 2.88. The summed E-state index contributed by atoms with van der Waals surface area (Å²) in [5.41, 5.74) is 13.5. The van der Waals surface area contributed by atoms with Crippen LogP contribution in [-0.2, 0) is 0 Å². The highest BCUT2D eigenvalue weighted by molar-refractivity contribution is 5.50. The van der Waals surface area contributed by atoms with Crippen molar-refractivity contribution in [2.45, 2.75) is 19.4 Å². The fourth-order valence-electron chi connectivity index (χ4n) is 1.21. The van der Waals surface area contributed by atoms with Crippen molar-refractivity contribution >= 4 is 5.69 Å². The fraction of sp³-hybridized carbons (Fsp3) is 0.300. The van der Waals surface area contributed by atoms with Gasteiger partial charge in [0.2, 0.25) is 0 Å². The summed E-state index contributed by atoms with van der Waals surface area (Å²) in [6.45, 7) is 1.98. The van der Waals surface area contributed by atoms with Crippen molar-refractivity contribution in [1.29, 1.82) is 5.26 Å². The van der Waals surface area contributed by atoms with Gasteiger partial charge in [-0.05, 0) is 30.2 Å². The molecule has 68 valence electrons. The Morgan fingerprint density at radius 2 is 2.23 bits per heavy atom. The van der Waals surface area contributed by atoms with Gasteiger partial charge in [0.15, 0.2) is 0 Å². The third kappa shape index (κ3) is 1.98. The number of nitrogens with zero attached hydrogens (tertiary/aromatic N) is 1. The van der Waals surface area contributed by atoms with E-state index in [0.29, 0.717) is 11.3 Å². The first-order valence-electron chi connectivity index (χ1n) is 4.24. The minimum Gasteiger partial charge on any atom is -0.399 e. The molecule has 1 aromatic rings. The lowest BCUT2D eigenvalue weighted by Crippen LogP contribution is -2.10. The monoisotopic (exact) mass is 175 g/mol. The molecule has 0 bridgehead atoms. The molecule has 0 fully saturated rings. The topological polar surface area (TPSA) is 75.8 Å². The first-order valence-corrected chi connectivity index (χ1v) is 4.24. The number of hydrogen-bond acceptors (Lipinski definition) is 3. The molecule has 0 aliphatic rings. The lowest BCUT2D eigenvalue weighted by Gasteiger charge is -2.11. The van der Waals surface area contributed by atoms with E-state index in [4.69, 9.17) is 16.7 Å². The highest BCUT2D eigenvalue weighted by atomic mass is 14.6.